The Bertz CT molecular complexity index is 653. The molecule has 0 saturated carbocycles. The summed E-state index contributed by atoms with van der Waals surface area (Å²) in [5.74, 6) is -0.629. The molecule has 0 fully saturated rings. The minimum absolute atomic E-state index is 0.225. The van der Waals surface area contributed by atoms with Crippen LogP contribution in [0.2, 0.25) is 0 Å². The molecule has 3 nitrogen and oxygen atoms in total. The summed E-state index contributed by atoms with van der Waals surface area (Å²) >= 11 is 0. The van der Waals surface area contributed by atoms with Crippen LogP contribution in [-0.4, -0.2) is 5.91 Å². The second-order valence-electron chi connectivity index (χ2n) is 4.73. The lowest BCUT2D eigenvalue weighted by Crippen LogP contribution is -2.11. The van der Waals surface area contributed by atoms with E-state index in [4.69, 9.17) is 10.5 Å². The number of halogens is 1. The first-order valence-corrected chi connectivity index (χ1v) is 6.25. The highest BCUT2D eigenvalue weighted by Gasteiger charge is 2.07. The van der Waals surface area contributed by atoms with Crippen LogP contribution in [0.5, 0.6) is 5.75 Å². The van der Waals surface area contributed by atoms with Gasteiger partial charge < -0.3 is 10.5 Å². The van der Waals surface area contributed by atoms with E-state index in [0.29, 0.717) is 5.56 Å². The Hall–Kier alpha value is -2.36. The maximum absolute atomic E-state index is 13.6. The molecule has 0 unspecified atom stereocenters. The summed E-state index contributed by atoms with van der Waals surface area (Å²) in [5, 5.41) is 0. The van der Waals surface area contributed by atoms with E-state index in [1.165, 1.54) is 6.07 Å². The summed E-state index contributed by atoms with van der Waals surface area (Å²) in [6.45, 7) is 3.97. The molecule has 0 atom stereocenters. The number of carbonyl (C=O) groups is 1. The number of nitrogens with two attached hydrogens (primary N) is 1. The average molecular weight is 273 g/mol. The van der Waals surface area contributed by atoms with Crippen LogP contribution in [0, 0.1) is 19.7 Å². The van der Waals surface area contributed by atoms with Gasteiger partial charge in [-0.25, -0.2) is 4.39 Å². The number of amides is 1. The van der Waals surface area contributed by atoms with Crippen molar-refractivity contribution in [1.82, 2.24) is 0 Å². The molecule has 0 saturated heterocycles. The number of primary amides is 1. The van der Waals surface area contributed by atoms with Crippen LogP contribution in [0.3, 0.4) is 0 Å². The van der Waals surface area contributed by atoms with Gasteiger partial charge in [-0.15, -0.1) is 0 Å². The molecule has 4 heteroatoms. The molecule has 0 aliphatic heterocycles. The van der Waals surface area contributed by atoms with Crippen LogP contribution < -0.4 is 10.5 Å². The average Bonchev–Trinajstić information content (AvgIpc) is 2.40. The van der Waals surface area contributed by atoms with Crippen molar-refractivity contribution in [1.29, 1.82) is 0 Å². The predicted octanol–water partition coefficient (Wildman–Crippen LogP) is 3.12. The molecule has 0 radical (unpaired) electrons. The molecule has 0 aromatic heterocycles. The fraction of sp³-hybridized carbons (Fsp3) is 0.188. The Kier molecular flexibility index (Phi) is 4.03. The first-order chi connectivity index (χ1) is 9.47. The number of carbonyl (C=O) groups excluding carboxylic acids is 1. The number of rotatable bonds is 4. The van der Waals surface area contributed by atoms with E-state index in [1.54, 1.807) is 30.3 Å². The van der Waals surface area contributed by atoms with Gasteiger partial charge >= 0.3 is 0 Å². The van der Waals surface area contributed by atoms with Crippen molar-refractivity contribution in [2.45, 2.75) is 20.5 Å². The standard InChI is InChI=1S/C16H16FNO2/c1-10-3-6-14(17)15(7-10)20-9-13-5-4-12(16(18)19)8-11(13)2/h3-8H,9H2,1-2H3,(H2,18,19). The van der Waals surface area contributed by atoms with Gasteiger partial charge in [0.15, 0.2) is 11.6 Å². The lowest BCUT2D eigenvalue weighted by atomic mass is 10.1. The Morgan fingerprint density at radius 1 is 1.20 bits per heavy atom. The molecule has 0 spiro atoms. The largest absolute Gasteiger partial charge is 0.486 e. The van der Waals surface area contributed by atoms with Gasteiger partial charge in [-0.05, 0) is 54.8 Å². The third kappa shape index (κ3) is 3.15. The smallest absolute Gasteiger partial charge is 0.248 e. The summed E-state index contributed by atoms with van der Waals surface area (Å²) in [6.07, 6.45) is 0. The molecule has 20 heavy (non-hydrogen) atoms. The normalized spacial score (nSPS) is 10.3. The van der Waals surface area contributed by atoms with Crippen molar-refractivity contribution in [2.24, 2.45) is 5.73 Å². The van der Waals surface area contributed by atoms with E-state index in [2.05, 4.69) is 0 Å². The minimum Gasteiger partial charge on any atom is -0.486 e. The highest BCUT2D eigenvalue weighted by Crippen LogP contribution is 2.20. The topological polar surface area (TPSA) is 52.3 Å². The fourth-order valence-corrected chi connectivity index (χ4v) is 1.89. The zero-order chi connectivity index (χ0) is 14.7. The summed E-state index contributed by atoms with van der Waals surface area (Å²) in [7, 11) is 0. The molecule has 2 N–H and O–H groups in total. The summed E-state index contributed by atoms with van der Waals surface area (Å²) < 4.78 is 19.1. The third-order valence-corrected chi connectivity index (χ3v) is 3.10. The Morgan fingerprint density at radius 2 is 1.95 bits per heavy atom. The lowest BCUT2D eigenvalue weighted by Gasteiger charge is -2.11. The lowest BCUT2D eigenvalue weighted by molar-refractivity contribution is 0.1000. The van der Waals surface area contributed by atoms with Crippen LogP contribution >= 0.6 is 0 Å². The van der Waals surface area contributed by atoms with E-state index in [9.17, 15) is 9.18 Å². The Morgan fingerprint density at radius 3 is 2.60 bits per heavy atom. The van der Waals surface area contributed by atoms with Crippen molar-refractivity contribution in [3.63, 3.8) is 0 Å². The van der Waals surface area contributed by atoms with E-state index in [0.717, 1.165) is 16.7 Å². The van der Waals surface area contributed by atoms with Gasteiger partial charge in [0.25, 0.3) is 0 Å². The van der Waals surface area contributed by atoms with E-state index >= 15 is 0 Å². The fourth-order valence-electron chi connectivity index (χ4n) is 1.89. The van der Waals surface area contributed by atoms with Gasteiger partial charge in [-0.3, -0.25) is 4.79 Å². The van der Waals surface area contributed by atoms with Crippen molar-refractivity contribution >= 4 is 5.91 Å². The van der Waals surface area contributed by atoms with Crippen LogP contribution in [0.15, 0.2) is 36.4 Å². The van der Waals surface area contributed by atoms with Crippen molar-refractivity contribution in [3.8, 4) is 5.75 Å². The van der Waals surface area contributed by atoms with Crippen LogP contribution in [0.4, 0.5) is 4.39 Å². The SMILES string of the molecule is Cc1ccc(F)c(OCc2ccc(C(N)=O)cc2C)c1. The van der Waals surface area contributed by atoms with E-state index in [-0.39, 0.29) is 18.2 Å². The second-order valence-corrected chi connectivity index (χ2v) is 4.73. The van der Waals surface area contributed by atoms with Gasteiger partial charge in [-0.1, -0.05) is 12.1 Å². The quantitative estimate of drug-likeness (QED) is 0.930. The summed E-state index contributed by atoms with van der Waals surface area (Å²) in [6, 6.07) is 9.84. The number of aryl methyl sites for hydroxylation is 2. The van der Waals surface area contributed by atoms with E-state index in [1.807, 2.05) is 13.8 Å². The molecule has 0 bridgehead atoms. The minimum atomic E-state index is -0.467. The van der Waals surface area contributed by atoms with Gasteiger partial charge in [0.05, 0.1) is 0 Å². The van der Waals surface area contributed by atoms with Crippen molar-refractivity contribution in [3.05, 3.63) is 64.5 Å². The maximum atomic E-state index is 13.6. The number of hydrogen-bond donors (Lipinski definition) is 1. The molecule has 0 aliphatic rings. The number of ether oxygens (including phenoxy) is 1. The first kappa shape index (κ1) is 14.1. The molecule has 2 aromatic rings. The monoisotopic (exact) mass is 273 g/mol. The van der Waals surface area contributed by atoms with Gasteiger partial charge in [0.2, 0.25) is 5.91 Å². The molecule has 2 aromatic carbocycles. The molecule has 2 rings (SSSR count). The molecule has 0 aliphatic carbocycles. The molecule has 104 valence electrons. The molecular weight excluding hydrogens is 257 g/mol. The Labute approximate surface area is 117 Å². The maximum Gasteiger partial charge on any atom is 0.248 e. The summed E-state index contributed by atoms with van der Waals surface area (Å²) in [5.41, 5.74) is 8.37. The van der Waals surface area contributed by atoms with Crippen molar-refractivity contribution in [2.75, 3.05) is 0 Å². The van der Waals surface area contributed by atoms with Crippen molar-refractivity contribution < 1.29 is 13.9 Å². The first-order valence-electron chi connectivity index (χ1n) is 6.25. The van der Waals surface area contributed by atoms with Gasteiger partial charge in [0.1, 0.15) is 6.61 Å². The molecule has 1 amide bonds. The van der Waals surface area contributed by atoms with Gasteiger partial charge in [-0.2, -0.15) is 0 Å². The highest BCUT2D eigenvalue weighted by molar-refractivity contribution is 5.93. The van der Waals surface area contributed by atoms with Gasteiger partial charge in [0, 0.05) is 5.56 Å². The number of benzene rings is 2. The van der Waals surface area contributed by atoms with Crippen LogP contribution in [0.1, 0.15) is 27.0 Å². The zero-order valence-electron chi connectivity index (χ0n) is 11.4. The van der Waals surface area contributed by atoms with Crippen LogP contribution in [0.25, 0.3) is 0 Å². The number of hydrogen-bond acceptors (Lipinski definition) is 2. The highest BCUT2D eigenvalue weighted by atomic mass is 19.1. The summed E-state index contributed by atoms with van der Waals surface area (Å²) in [4.78, 5) is 11.1. The predicted molar refractivity (Wildman–Crippen MR) is 75.2 cm³/mol. The second kappa shape index (κ2) is 5.74. The Balaban J connectivity index is 2.15. The van der Waals surface area contributed by atoms with Crippen LogP contribution in [-0.2, 0) is 6.61 Å². The third-order valence-electron chi connectivity index (χ3n) is 3.10. The molecule has 0 heterocycles. The zero-order valence-corrected chi connectivity index (χ0v) is 11.4. The van der Waals surface area contributed by atoms with E-state index < -0.39 is 5.91 Å². The molecular formula is C16H16FNO2.